The quantitative estimate of drug-likeness (QED) is 0.793. The fraction of sp³-hybridized carbons (Fsp3) is 0.500. The van der Waals surface area contributed by atoms with Crippen LogP contribution < -0.4 is 10.5 Å². The summed E-state index contributed by atoms with van der Waals surface area (Å²) in [5, 5.41) is 0. The topological polar surface area (TPSA) is 67.5 Å². The molecule has 0 amide bonds. The molecular formula is C12H21N3OS. The van der Waals surface area contributed by atoms with Gasteiger partial charge in [-0.3, -0.25) is 0 Å². The molecule has 0 aliphatic heterocycles. The van der Waals surface area contributed by atoms with E-state index in [-0.39, 0.29) is 0 Å². The summed E-state index contributed by atoms with van der Waals surface area (Å²) < 4.78 is 20.0. The molecule has 0 saturated carbocycles. The van der Waals surface area contributed by atoms with Crippen molar-refractivity contribution in [3.8, 4) is 0 Å². The molecule has 0 spiro atoms. The number of nitrogen functional groups attached to an aromatic ring is 1. The van der Waals surface area contributed by atoms with Crippen LogP contribution in [-0.2, 0) is 9.92 Å². The minimum Gasteiger partial charge on any atom is -0.399 e. The number of anilines is 1. The summed E-state index contributed by atoms with van der Waals surface area (Å²) in [4.78, 5) is 0.689. The third-order valence-corrected chi connectivity index (χ3v) is 4.26. The van der Waals surface area contributed by atoms with E-state index in [1.54, 1.807) is 24.3 Å². The molecule has 5 heteroatoms. The third kappa shape index (κ3) is 4.02. The van der Waals surface area contributed by atoms with Crippen molar-refractivity contribution in [3.05, 3.63) is 24.3 Å². The molecule has 1 rings (SSSR count). The highest BCUT2D eigenvalue weighted by atomic mass is 32.2. The molecule has 0 aliphatic carbocycles. The standard InChI is InChI=1S/C12H21N3OS/c1-4-14-17(16,15-9-10(2)3)12-7-5-11(13)6-8-12/h5-8,10H,4,9,13H2,1-3H3,(H,14,15,16). The Bertz CT molecular complexity index is 459. The first-order valence-corrected chi connectivity index (χ1v) is 7.32. The fourth-order valence-corrected chi connectivity index (χ4v) is 3.12. The molecule has 1 aromatic carbocycles. The van der Waals surface area contributed by atoms with E-state index in [1.165, 1.54) is 0 Å². The molecular weight excluding hydrogens is 234 g/mol. The lowest BCUT2D eigenvalue weighted by Crippen LogP contribution is -2.24. The predicted molar refractivity (Wildman–Crippen MR) is 73.1 cm³/mol. The van der Waals surface area contributed by atoms with Crippen molar-refractivity contribution in [2.45, 2.75) is 25.7 Å². The van der Waals surface area contributed by atoms with Gasteiger partial charge in [-0.25, -0.2) is 13.3 Å². The minimum absolute atomic E-state index is 0.392. The molecule has 4 nitrogen and oxygen atoms in total. The van der Waals surface area contributed by atoms with Gasteiger partial charge in [0.25, 0.3) is 0 Å². The lowest BCUT2D eigenvalue weighted by molar-refractivity contribution is 0.642. The largest absolute Gasteiger partial charge is 0.399 e. The maximum Gasteiger partial charge on any atom is 0.137 e. The molecule has 0 bridgehead atoms. The summed E-state index contributed by atoms with van der Waals surface area (Å²) in [6.45, 7) is 7.22. The molecule has 1 unspecified atom stereocenters. The first-order chi connectivity index (χ1) is 7.98. The van der Waals surface area contributed by atoms with E-state index >= 15 is 0 Å². The van der Waals surface area contributed by atoms with Crippen LogP contribution in [0.4, 0.5) is 5.69 Å². The highest BCUT2D eigenvalue weighted by molar-refractivity contribution is 7.91. The second-order valence-electron chi connectivity index (χ2n) is 4.30. The van der Waals surface area contributed by atoms with Crippen molar-refractivity contribution in [1.29, 1.82) is 0 Å². The Labute approximate surface area is 104 Å². The van der Waals surface area contributed by atoms with Crippen molar-refractivity contribution in [2.75, 3.05) is 18.8 Å². The van der Waals surface area contributed by atoms with E-state index < -0.39 is 9.92 Å². The van der Waals surface area contributed by atoms with Gasteiger partial charge >= 0.3 is 0 Å². The Morgan fingerprint density at radius 2 is 1.94 bits per heavy atom. The van der Waals surface area contributed by atoms with Gasteiger partial charge in [-0.05, 0) is 30.2 Å². The maximum absolute atomic E-state index is 12.7. The summed E-state index contributed by atoms with van der Waals surface area (Å²) in [6.07, 6.45) is 0. The Balaban J connectivity index is 3.11. The van der Waals surface area contributed by atoms with Gasteiger partial charge in [-0.15, -0.1) is 0 Å². The number of nitrogens with two attached hydrogens (primary N) is 1. The molecule has 1 atom stereocenters. The van der Waals surface area contributed by atoms with Crippen LogP contribution in [0.3, 0.4) is 0 Å². The zero-order valence-corrected chi connectivity index (χ0v) is 11.5. The van der Waals surface area contributed by atoms with E-state index in [1.807, 2.05) is 6.92 Å². The first kappa shape index (κ1) is 14.0. The summed E-state index contributed by atoms with van der Waals surface area (Å²) in [6, 6.07) is 7.03. The Kier molecular flexibility index (Phi) is 4.96. The van der Waals surface area contributed by atoms with Gasteiger partial charge in [0, 0.05) is 12.2 Å². The summed E-state index contributed by atoms with van der Waals surface area (Å²) in [7, 11) is -2.51. The van der Waals surface area contributed by atoms with Crippen LogP contribution in [0.2, 0.25) is 0 Å². The summed E-state index contributed by atoms with van der Waals surface area (Å²) in [5.41, 5.74) is 6.29. The van der Waals surface area contributed by atoms with Crippen LogP contribution in [0.15, 0.2) is 33.5 Å². The predicted octanol–water partition coefficient (Wildman–Crippen LogP) is 2.28. The zero-order chi connectivity index (χ0) is 12.9. The number of nitrogens with one attached hydrogen (secondary N) is 1. The Morgan fingerprint density at radius 3 is 2.41 bits per heavy atom. The Morgan fingerprint density at radius 1 is 1.35 bits per heavy atom. The highest BCUT2D eigenvalue weighted by Crippen LogP contribution is 2.14. The van der Waals surface area contributed by atoms with Crippen LogP contribution in [0, 0.1) is 5.92 Å². The van der Waals surface area contributed by atoms with E-state index in [0.717, 1.165) is 0 Å². The number of rotatable bonds is 5. The zero-order valence-electron chi connectivity index (χ0n) is 10.6. The lowest BCUT2D eigenvalue weighted by atomic mass is 10.2. The van der Waals surface area contributed by atoms with Crippen LogP contribution in [0.1, 0.15) is 20.8 Å². The highest BCUT2D eigenvalue weighted by Gasteiger charge is 2.10. The van der Waals surface area contributed by atoms with Crippen molar-refractivity contribution in [1.82, 2.24) is 4.72 Å². The van der Waals surface area contributed by atoms with Crippen molar-refractivity contribution < 1.29 is 4.21 Å². The molecule has 1 aromatic rings. The van der Waals surface area contributed by atoms with Gasteiger partial charge in [-0.2, -0.15) is 0 Å². The average Bonchev–Trinajstić information content (AvgIpc) is 2.28. The van der Waals surface area contributed by atoms with Crippen LogP contribution >= 0.6 is 0 Å². The van der Waals surface area contributed by atoms with E-state index in [2.05, 4.69) is 22.9 Å². The van der Waals surface area contributed by atoms with E-state index in [9.17, 15) is 4.21 Å². The second-order valence-corrected chi connectivity index (χ2v) is 6.37. The number of hydrogen-bond acceptors (Lipinski definition) is 3. The van der Waals surface area contributed by atoms with Gasteiger partial charge in [-0.1, -0.05) is 20.8 Å². The first-order valence-electron chi connectivity index (χ1n) is 5.81. The number of hydrogen-bond donors (Lipinski definition) is 2. The van der Waals surface area contributed by atoms with Gasteiger partial charge in [0.1, 0.15) is 9.92 Å². The third-order valence-electron chi connectivity index (χ3n) is 2.16. The average molecular weight is 255 g/mol. The number of benzene rings is 1. The molecule has 0 heterocycles. The minimum atomic E-state index is -2.51. The van der Waals surface area contributed by atoms with Gasteiger partial charge < -0.3 is 5.73 Å². The monoisotopic (exact) mass is 255 g/mol. The summed E-state index contributed by atoms with van der Waals surface area (Å²) in [5.74, 6) is 0.392. The van der Waals surface area contributed by atoms with Gasteiger partial charge in [0.05, 0.1) is 11.4 Å². The number of nitrogens with zero attached hydrogens (tertiary/aromatic N) is 1. The molecule has 0 saturated heterocycles. The lowest BCUT2D eigenvalue weighted by Gasteiger charge is -2.12. The molecule has 17 heavy (non-hydrogen) atoms. The van der Waals surface area contributed by atoms with Crippen LogP contribution in [-0.4, -0.2) is 17.3 Å². The fourth-order valence-electron chi connectivity index (χ4n) is 1.31. The van der Waals surface area contributed by atoms with Gasteiger partial charge in [0.2, 0.25) is 0 Å². The Hall–Kier alpha value is -1.07. The molecule has 3 N–H and O–H groups in total. The normalized spacial score (nSPS) is 14.6. The van der Waals surface area contributed by atoms with Gasteiger partial charge in [0.15, 0.2) is 0 Å². The smallest absolute Gasteiger partial charge is 0.137 e. The molecule has 0 radical (unpaired) electrons. The van der Waals surface area contributed by atoms with Crippen molar-refractivity contribution in [3.63, 3.8) is 0 Å². The molecule has 0 aliphatic rings. The molecule has 0 aromatic heterocycles. The molecule has 0 fully saturated rings. The second kappa shape index (κ2) is 6.02. The van der Waals surface area contributed by atoms with E-state index in [4.69, 9.17) is 5.73 Å². The SMILES string of the molecule is CCNS(=O)(=NCC(C)C)c1ccc(N)cc1. The summed E-state index contributed by atoms with van der Waals surface area (Å²) >= 11 is 0. The van der Waals surface area contributed by atoms with Crippen molar-refractivity contribution >= 4 is 15.6 Å². The van der Waals surface area contributed by atoms with E-state index in [0.29, 0.717) is 29.6 Å². The van der Waals surface area contributed by atoms with Crippen LogP contribution in [0.5, 0.6) is 0 Å². The van der Waals surface area contributed by atoms with Crippen molar-refractivity contribution in [2.24, 2.45) is 10.3 Å². The maximum atomic E-state index is 12.7. The molecule has 96 valence electrons. The van der Waals surface area contributed by atoms with Crippen LogP contribution in [0.25, 0.3) is 0 Å².